The quantitative estimate of drug-likeness (QED) is 0.401. The summed E-state index contributed by atoms with van der Waals surface area (Å²) in [4.78, 5) is 1.78. The van der Waals surface area contributed by atoms with Crippen molar-refractivity contribution in [1.29, 1.82) is 5.26 Å². The lowest BCUT2D eigenvalue weighted by molar-refractivity contribution is 0.329. The molecule has 0 unspecified atom stereocenters. The first-order valence-electron chi connectivity index (χ1n) is 3.15. The van der Waals surface area contributed by atoms with Crippen molar-refractivity contribution in [1.82, 2.24) is 4.90 Å². The van der Waals surface area contributed by atoms with Crippen molar-refractivity contribution in [2.75, 3.05) is 13.1 Å². The Bertz CT molecular complexity index is 122. The van der Waals surface area contributed by atoms with E-state index in [-0.39, 0.29) is 0 Å². The summed E-state index contributed by atoms with van der Waals surface area (Å²) in [6.07, 6.45) is 4.23. The van der Waals surface area contributed by atoms with Crippen molar-refractivity contribution in [3.8, 4) is 6.19 Å². The Morgan fingerprint density at radius 3 is 2.44 bits per heavy atom. The number of hydrogen-bond donors (Lipinski definition) is 1. The van der Waals surface area contributed by atoms with Gasteiger partial charge < -0.3 is 4.90 Å². The van der Waals surface area contributed by atoms with E-state index in [0.29, 0.717) is 5.25 Å². The third kappa shape index (κ3) is 1.79. The molecule has 0 spiro atoms. The zero-order valence-electron chi connectivity index (χ0n) is 5.25. The van der Waals surface area contributed by atoms with Crippen LogP contribution in [0.15, 0.2) is 0 Å². The van der Waals surface area contributed by atoms with Crippen molar-refractivity contribution in [2.45, 2.75) is 18.1 Å². The van der Waals surface area contributed by atoms with Crippen LogP contribution < -0.4 is 0 Å². The minimum atomic E-state index is 0.523. The summed E-state index contributed by atoms with van der Waals surface area (Å²) in [6.45, 7) is 1.79. The van der Waals surface area contributed by atoms with E-state index < -0.39 is 0 Å². The second kappa shape index (κ2) is 2.98. The standard InChI is InChI=1S/C6H10N2S/c7-5-8-3-1-6(9)2-4-8/h6,9H,1-4H2. The summed E-state index contributed by atoms with van der Waals surface area (Å²) in [5.74, 6) is 0. The van der Waals surface area contributed by atoms with E-state index in [1.165, 1.54) is 0 Å². The first-order chi connectivity index (χ1) is 4.33. The largest absolute Gasteiger partial charge is 0.311 e. The average molecular weight is 142 g/mol. The molecule has 1 heterocycles. The summed E-state index contributed by atoms with van der Waals surface area (Å²) in [5.41, 5.74) is 0. The maximum Gasteiger partial charge on any atom is 0.179 e. The zero-order chi connectivity index (χ0) is 6.69. The smallest absolute Gasteiger partial charge is 0.179 e. The molecule has 1 rings (SSSR count). The highest BCUT2D eigenvalue weighted by atomic mass is 32.1. The van der Waals surface area contributed by atoms with Crippen LogP contribution in [0.25, 0.3) is 0 Å². The van der Waals surface area contributed by atoms with Crippen LogP contribution in [-0.2, 0) is 0 Å². The van der Waals surface area contributed by atoms with Gasteiger partial charge in [-0.2, -0.15) is 17.9 Å². The Labute approximate surface area is 60.9 Å². The Hall–Kier alpha value is -0.360. The molecule has 0 bridgehead atoms. The molecule has 0 radical (unpaired) electrons. The van der Waals surface area contributed by atoms with E-state index in [1.807, 2.05) is 0 Å². The topological polar surface area (TPSA) is 27.0 Å². The first kappa shape index (κ1) is 6.76. The lowest BCUT2D eigenvalue weighted by Gasteiger charge is -2.24. The van der Waals surface area contributed by atoms with Crippen molar-refractivity contribution >= 4 is 12.6 Å². The van der Waals surface area contributed by atoms with Gasteiger partial charge in [0.1, 0.15) is 0 Å². The van der Waals surface area contributed by atoms with Crippen LogP contribution in [0.5, 0.6) is 0 Å². The molecule has 0 N–H and O–H groups in total. The van der Waals surface area contributed by atoms with Gasteiger partial charge in [0.05, 0.1) is 0 Å². The average Bonchev–Trinajstić information content (AvgIpc) is 1.90. The van der Waals surface area contributed by atoms with Crippen molar-refractivity contribution in [3.63, 3.8) is 0 Å². The SMILES string of the molecule is N#CN1CCC(S)CC1. The minimum absolute atomic E-state index is 0.523. The van der Waals surface area contributed by atoms with Gasteiger partial charge in [-0.25, -0.2) is 0 Å². The van der Waals surface area contributed by atoms with Crippen molar-refractivity contribution in [3.05, 3.63) is 0 Å². The number of thiol groups is 1. The predicted molar refractivity (Wildman–Crippen MR) is 39.2 cm³/mol. The third-order valence-corrected chi connectivity index (χ3v) is 2.12. The van der Waals surface area contributed by atoms with E-state index in [1.54, 1.807) is 4.90 Å². The van der Waals surface area contributed by atoms with Gasteiger partial charge in [0, 0.05) is 18.3 Å². The van der Waals surface area contributed by atoms with Crippen molar-refractivity contribution < 1.29 is 0 Å². The summed E-state index contributed by atoms with van der Waals surface area (Å²) in [6, 6.07) is 0. The van der Waals surface area contributed by atoms with Crippen LogP contribution in [0.1, 0.15) is 12.8 Å². The number of rotatable bonds is 0. The van der Waals surface area contributed by atoms with Crippen LogP contribution in [-0.4, -0.2) is 23.2 Å². The zero-order valence-corrected chi connectivity index (χ0v) is 6.14. The molecule has 0 aromatic carbocycles. The molecule has 0 amide bonds. The molecule has 0 atom stereocenters. The highest BCUT2D eigenvalue weighted by molar-refractivity contribution is 7.80. The number of nitrogens with zero attached hydrogens (tertiary/aromatic N) is 2. The molecule has 3 heteroatoms. The first-order valence-corrected chi connectivity index (χ1v) is 3.67. The van der Waals surface area contributed by atoms with Gasteiger partial charge in [-0.1, -0.05) is 0 Å². The van der Waals surface area contributed by atoms with Crippen LogP contribution >= 0.6 is 12.6 Å². The van der Waals surface area contributed by atoms with Gasteiger partial charge >= 0.3 is 0 Å². The van der Waals surface area contributed by atoms with Crippen LogP contribution in [0.2, 0.25) is 0 Å². The number of hydrogen-bond acceptors (Lipinski definition) is 3. The fraction of sp³-hybridized carbons (Fsp3) is 0.833. The predicted octanol–water partition coefficient (Wildman–Crippen LogP) is 0.862. The molecule has 0 aromatic heterocycles. The van der Waals surface area contributed by atoms with Gasteiger partial charge in [0.2, 0.25) is 0 Å². The fourth-order valence-corrected chi connectivity index (χ4v) is 1.20. The molecule has 1 fully saturated rings. The minimum Gasteiger partial charge on any atom is -0.311 e. The molecule has 0 aromatic rings. The molecule has 0 saturated carbocycles. The van der Waals surface area contributed by atoms with E-state index in [0.717, 1.165) is 25.9 Å². The van der Waals surface area contributed by atoms with Gasteiger partial charge in [0.15, 0.2) is 6.19 Å². The second-order valence-electron chi connectivity index (χ2n) is 2.32. The Kier molecular flexibility index (Phi) is 2.23. The maximum absolute atomic E-state index is 8.43. The lowest BCUT2D eigenvalue weighted by Crippen LogP contribution is -2.29. The van der Waals surface area contributed by atoms with Crippen LogP contribution in [0.4, 0.5) is 0 Å². The van der Waals surface area contributed by atoms with E-state index in [9.17, 15) is 0 Å². The normalized spacial score (nSPS) is 21.6. The van der Waals surface area contributed by atoms with Crippen LogP contribution in [0, 0.1) is 11.5 Å². The molecule has 1 aliphatic rings. The number of piperidine rings is 1. The van der Waals surface area contributed by atoms with Gasteiger partial charge in [-0.3, -0.25) is 0 Å². The molecular formula is C6H10N2S. The molecule has 50 valence electrons. The summed E-state index contributed by atoms with van der Waals surface area (Å²) < 4.78 is 0. The molecule has 2 nitrogen and oxygen atoms in total. The Balaban J connectivity index is 2.28. The lowest BCUT2D eigenvalue weighted by atomic mass is 10.1. The van der Waals surface area contributed by atoms with Gasteiger partial charge in [0.25, 0.3) is 0 Å². The third-order valence-electron chi connectivity index (χ3n) is 1.61. The molecular weight excluding hydrogens is 132 g/mol. The summed E-state index contributed by atoms with van der Waals surface area (Å²) >= 11 is 4.30. The summed E-state index contributed by atoms with van der Waals surface area (Å²) in [5, 5.41) is 8.95. The molecule has 1 saturated heterocycles. The van der Waals surface area contributed by atoms with E-state index in [4.69, 9.17) is 5.26 Å². The highest BCUT2D eigenvalue weighted by Gasteiger charge is 2.13. The monoisotopic (exact) mass is 142 g/mol. The van der Waals surface area contributed by atoms with E-state index >= 15 is 0 Å². The van der Waals surface area contributed by atoms with E-state index in [2.05, 4.69) is 18.8 Å². The van der Waals surface area contributed by atoms with Crippen molar-refractivity contribution in [2.24, 2.45) is 0 Å². The molecule has 1 aliphatic heterocycles. The fourth-order valence-electron chi connectivity index (χ4n) is 0.966. The van der Waals surface area contributed by atoms with Gasteiger partial charge in [-0.05, 0) is 12.8 Å². The Morgan fingerprint density at radius 1 is 1.44 bits per heavy atom. The van der Waals surface area contributed by atoms with Crippen LogP contribution in [0.3, 0.4) is 0 Å². The molecule has 0 aliphatic carbocycles. The van der Waals surface area contributed by atoms with Gasteiger partial charge in [-0.15, -0.1) is 0 Å². The second-order valence-corrected chi connectivity index (χ2v) is 3.05. The number of nitriles is 1. The molecule has 9 heavy (non-hydrogen) atoms. The summed E-state index contributed by atoms with van der Waals surface area (Å²) in [7, 11) is 0. The highest BCUT2D eigenvalue weighted by Crippen LogP contribution is 2.13. The Morgan fingerprint density at radius 2 is 2.00 bits per heavy atom. The number of likely N-dealkylation sites (tertiary alicyclic amines) is 1. The maximum atomic E-state index is 8.43.